The number of aliphatic carboxylic acids is 1. The van der Waals surface area contributed by atoms with Crippen molar-refractivity contribution in [3.8, 4) is 0 Å². The Morgan fingerprint density at radius 3 is 1.71 bits per heavy atom. The number of hydrogen-bond donors (Lipinski definition) is 8. The largest absolute Gasteiger partial charge is 0.480 e. The Morgan fingerprint density at radius 1 is 0.714 bits per heavy atom. The molecule has 0 spiro atoms. The highest BCUT2D eigenvalue weighted by Gasteiger charge is 2.30. The van der Waals surface area contributed by atoms with E-state index in [2.05, 4.69) is 25.9 Å². The first-order valence-corrected chi connectivity index (χ1v) is 13.9. The van der Waals surface area contributed by atoms with Gasteiger partial charge in [0.05, 0.1) is 6.54 Å². The van der Waals surface area contributed by atoms with Crippen molar-refractivity contribution in [3.63, 3.8) is 0 Å². The van der Waals surface area contributed by atoms with Crippen LogP contribution in [0.15, 0.2) is 60.9 Å². The number of carboxylic acid groups (broad SMARTS) is 1. The second-order valence-corrected chi connectivity index (χ2v) is 10.2. The fraction of sp³-hybridized carbons (Fsp3) is 0.333. The normalized spacial score (nSPS) is 13.4. The Bertz CT molecular complexity index is 1550. The number of unbranched alkanes of at least 4 members (excludes halogenated alkanes) is 1. The number of benzene rings is 2. The fourth-order valence-electron chi connectivity index (χ4n) is 5.01. The number of aromatic nitrogens is 2. The molecule has 42 heavy (non-hydrogen) atoms. The van der Waals surface area contributed by atoms with Gasteiger partial charge in [-0.15, -0.1) is 0 Å². The van der Waals surface area contributed by atoms with E-state index in [1.54, 1.807) is 12.4 Å². The number of aromatic amines is 2. The maximum Gasteiger partial charge on any atom is 0.326 e. The summed E-state index contributed by atoms with van der Waals surface area (Å²) >= 11 is 0. The molecule has 4 rings (SSSR count). The van der Waals surface area contributed by atoms with Crippen molar-refractivity contribution < 1.29 is 24.3 Å². The highest BCUT2D eigenvalue weighted by atomic mass is 16.4. The van der Waals surface area contributed by atoms with E-state index in [9.17, 15) is 24.3 Å². The van der Waals surface area contributed by atoms with Gasteiger partial charge < -0.3 is 42.5 Å². The van der Waals surface area contributed by atoms with Crippen molar-refractivity contribution in [1.29, 1.82) is 0 Å². The standard InChI is InChI=1S/C30H37N7O5/c31-12-6-5-11-24(30(41)42)36-29(40)26(14-19-17-34-23-10-4-2-8-21(19)23)37-28(39)25(35-27(38)15-32)13-18-16-33-22-9-3-1-7-20(18)22/h1-4,7-10,16-17,24-26,33-34H,5-6,11-15,31-32H2,(H,35,38)(H,36,40)(H,37,39)(H,41,42). The van der Waals surface area contributed by atoms with Gasteiger partial charge in [0.15, 0.2) is 0 Å². The number of para-hydroxylation sites is 2. The fourth-order valence-corrected chi connectivity index (χ4v) is 5.01. The lowest BCUT2D eigenvalue weighted by molar-refractivity contribution is -0.142. The number of carbonyl (C=O) groups excluding carboxylic acids is 3. The van der Waals surface area contributed by atoms with Crippen molar-refractivity contribution in [2.45, 2.75) is 50.2 Å². The van der Waals surface area contributed by atoms with E-state index in [0.717, 1.165) is 32.9 Å². The number of amides is 3. The number of nitrogens with one attached hydrogen (secondary N) is 5. The maximum absolute atomic E-state index is 13.7. The maximum atomic E-state index is 13.7. The van der Waals surface area contributed by atoms with Crippen LogP contribution in [0.5, 0.6) is 0 Å². The van der Waals surface area contributed by atoms with Gasteiger partial charge in [-0.25, -0.2) is 4.79 Å². The molecule has 2 heterocycles. The van der Waals surface area contributed by atoms with Crippen LogP contribution in [-0.4, -0.2) is 70.0 Å². The second kappa shape index (κ2) is 14.3. The third kappa shape index (κ3) is 7.53. The van der Waals surface area contributed by atoms with Gasteiger partial charge >= 0.3 is 5.97 Å². The molecule has 0 fully saturated rings. The SMILES string of the molecule is NCCCCC(NC(=O)C(Cc1c[nH]c2ccccc12)NC(=O)C(Cc1c[nH]c2ccccc12)NC(=O)CN)C(=O)O. The molecule has 222 valence electrons. The van der Waals surface area contributed by atoms with Crippen LogP contribution in [0.4, 0.5) is 0 Å². The molecule has 10 N–H and O–H groups in total. The van der Waals surface area contributed by atoms with Crippen LogP contribution < -0.4 is 27.4 Å². The van der Waals surface area contributed by atoms with Crippen LogP contribution in [0.1, 0.15) is 30.4 Å². The topological polar surface area (TPSA) is 208 Å². The number of fused-ring (bicyclic) bond motifs is 2. The summed E-state index contributed by atoms with van der Waals surface area (Å²) in [7, 11) is 0. The molecule has 0 saturated heterocycles. The molecule has 3 unspecified atom stereocenters. The number of nitrogens with two attached hydrogens (primary N) is 2. The van der Waals surface area contributed by atoms with E-state index in [1.807, 2.05) is 48.5 Å². The summed E-state index contributed by atoms with van der Waals surface area (Å²) in [6.07, 6.45) is 5.08. The van der Waals surface area contributed by atoms with E-state index in [1.165, 1.54) is 0 Å². The van der Waals surface area contributed by atoms with Crippen molar-refractivity contribution in [2.75, 3.05) is 13.1 Å². The molecule has 4 aromatic rings. The summed E-state index contributed by atoms with van der Waals surface area (Å²) in [4.78, 5) is 57.8. The lowest BCUT2D eigenvalue weighted by atomic mass is 10.0. The molecule has 12 heteroatoms. The van der Waals surface area contributed by atoms with E-state index in [-0.39, 0.29) is 25.8 Å². The van der Waals surface area contributed by atoms with Crippen molar-refractivity contribution in [2.24, 2.45) is 11.5 Å². The summed E-state index contributed by atoms with van der Waals surface area (Å²) in [5.74, 6) is -2.95. The van der Waals surface area contributed by atoms with Crippen LogP contribution in [0, 0.1) is 0 Å². The Morgan fingerprint density at radius 2 is 1.21 bits per heavy atom. The van der Waals surface area contributed by atoms with Gasteiger partial charge in [-0.05, 0) is 49.1 Å². The zero-order chi connectivity index (χ0) is 30.1. The van der Waals surface area contributed by atoms with E-state index < -0.39 is 41.8 Å². The molecule has 0 aliphatic rings. The predicted octanol–water partition coefficient (Wildman–Crippen LogP) is 1.06. The lowest BCUT2D eigenvalue weighted by Crippen LogP contribution is -2.57. The number of carbonyl (C=O) groups is 4. The molecule has 3 atom stereocenters. The zero-order valence-corrected chi connectivity index (χ0v) is 23.2. The van der Waals surface area contributed by atoms with Crippen LogP contribution in [0.2, 0.25) is 0 Å². The predicted molar refractivity (Wildman–Crippen MR) is 159 cm³/mol. The minimum atomic E-state index is -1.18. The number of hydrogen-bond acceptors (Lipinski definition) is 6. The third-order valence-electron chi connectivity index (χ3n) is 7.23. The smallest absolute Gasteiger partial charge is 0.326 e. The van der Waals surface area contributed by atoms with Gasteiger partial charge in [0.2, 0.25) is 17.7 Å². The first-order valence-electron chi connectivity index (χ1n) is 13.9. The number of H-pyrrole nitrogens is 2. The van der Waals surface area contributed by atoms with Gasteiger partial charge in [0.1, 0.15) is 18.1 Å². The van der Waals surface area contributed by atoms with Gasteiger partial charge in [0.25, 0.3) is 0 Å². The van der Waals surface area contributed by atoms with Crippen LogP contribution in [-0.2, 0) is 32.0 Å². The second-order valence-electron chi connectivity index (χ2n) is 10.2. The van der Waals surface area contributed by atoms with Crippen molar-refractivity contribution >= 4 is 45.5 Å². The molecule has 0 aliphatic carbocycles. The van der Waals surface area contributed by atoms with Crippen LogP contribution >= 0.6 is 0 Å². The van der Waals surface area contributed by atoms with Crippen LogP contribution in [0.3, 0.4) is 0 Å². The average Bonchev–Trinajstić information content (AvgIpc) is 3.59. The molecule has 0 saturated carbocycles. The Labute approximate surface area is 242 Å². The molecule has 0 aliphatic heterocycles. The summed E-state index contributed by atoms with van der Waals surface area (Å²) in [6.45, 7) is 0.0892. The van der Waals surface area contributed by atoms with Gasteiger partial charge in [-0.1, -0.05) is 36.4 Å². The molecular formula is C30H37N7O5. The summed E-state index contributed by atoms with van der Waals surface area (Å²) in [5, 5.41) is 19.5. The highest BCUT2D eigenvalue weighted by Crippen LogP contribution is 2.21. The number of rotatable bonds is 15. The highest BCUT2D eigenvalue weighted by molar-refractivity contribution is 5.95. The minimum Gasteiger partial charge on any atom is -0.480 e. The molecule has 2 aromatic heterocycles. The van der Waals surface area contributed by atoms with E-state index in [4.69, 9.17) is 11.5 Å². The Kier molecular flexibility index (Phi) is 10.3. The number of carboxylic acids is 1. The Balaban J connectivity index is 1.60. The first-order chi connectivity index (χ1) is 20.3. The van der Waals surface area contributed by atoms with E-state index in [0.29, 0.717) is 19.4 Å². The average molecular weight is 576 g/mol. The Hall–Kier alpha value is -4.68. The van der Waals surface area contributed by atoms with Gasteiger partial charge in [-0.3, -0.25) is 14.4 Å². The monoisotopic (exact) mass is 575 g/mol. The molecule has 12 nitrogen and oxygen atoms in total. The van der Waals surface area contributed by atoms with Crippen molar-refractivity contribution in [1.82, 2.24) is 25.9 Å². The quantitative estimate of drug-likeness (QED) is 0.0966. The third-order valence-corrected chi connectivity index (χ3v) is 7.23. The molecule has 0 radical (unpaired) electrons. The molecular weight excluding hydrogens is 538 g/mol. The molecule has 2 aromatic carbocycles. The summed E-state index contributed by atoms with van der Waals surface area (Å²) in [6, 6.07) is 11.8. The lowest BCUT2D eigenvalue weighted by Gasteiger charge is -2.24. The van der Waals surface area contributed by atoms with Crippen molar-refractivity contribution in [3.05, 3.63) is 72.1 Å². The summed E-state index contributed by atoms with van der Waals surface area (Å²) < 4.78 is 0. The molecule has 0 bridgehead atoms. The minimum absolute atomic E-state index is 0.0847. The molecule has 3 amide bonds. The van der Waals surface area contributed by atoms with E-state index >= 15 is 0 Å². The van der Waals surface area contributed by atoms with Gasteiger partial charge in [-0.2, -0.15) is 0 Å². The zero-order valence-electron chi connectivity index (χ0n) is 23.2. The first kappa shape index (κ1) is 30.3. The van der Waals surface area contributed by atoms with Crippen LogP contribution in [0.25, 0.3) is 21.8 Å². The summed E-state index contributed by atoms with van der Waals surface area (Å²) in [5.41, 5.74) is 14.4. The van der Waals surface area contributed by atoms with Gasteiger partial charge in [0, 0.05) is 47.0 Å².